The van der Waals surface area contributed by atoms with E-state index in [2.05, 4.69) is 146 Å². The molecule has 0 unspecified atom stereocenters. The molecule has 262 valence electrons. The lowest BCUT2D eigenvalue weighted by Crippen LogP contribution is -2.00. The predicted molar refractivity (Wildman–Crippen MR) is 236 cm³/mol. The van der Waals surface area contributed by atoms with E-state index in [4.69, 9.17) is 19.9 Å². The minimum atomic E-state index is 0.631. The van der Waals surface area contributed by atoms with Gasteiger partial charge in [-0.15, -0.1) is 22.7 Å². The normalized spacial score (nSPS) is 11.6. The van der Waals surface area contributed by atoms with Crippen LogP contribution in [0.3, 0.4) is 0 Å². The highest BCUT2D eigenvalue weighted by atomic mass is 32.1. The average Bonchev–Trinajstić information content (AvgIpc) is 3.87. The van der Waals surface area contributed by atoms with Gasteiger partial charge in [0.15, 0.2) is 17.5 Å². The van der Waals surface area contributed by atoms with E-state index in [1.165, 1.54) is 30.4 Å². The number of nitrogens with zero attached hydrogens (tertiary/aromatic N) is 4. The van der Waals surface area contributed by atoms with Gasteiger partial charge in [0.1, 0.15) is 5.01 Å². The molecular formula is C50H30N4S2. The Morgan fingerprint density at radius 2 is 0.946 bits per heavy atom. The summed E-state index contributed by atoms with van der Waals surface area (Å²) in [7, 11) is 0. The molecule has 8 aromatic carbocycles. The Balaban J connectivity index is 1.10. The Kier molecular flexibility index (Phi) is 7.83. The first-order chi connectivity index (χ1) is 27.7. The molecule has 11 aromatic rings. The van der Waals surface area contributed by atoms with Gasteiger partial charge in [-0.25, -0.2) is 19.9 Å². The third-order valence-corrected chi connectivity index (χ3v) is 12.5. The zero-order valence-electron chi connectivity index (χ0n) is 29.9. The van der Waals surface area contributed by atoms with Crippen LogP contribution in [-0.4, -0.2) is 19.9 Å². The molecular weight excluding hydrogens is 721 g/mol. The van der Waals surface area contributed by atoms with E-state index in [1.807, 2.05) is 47.7 Å². The molecule has 0 amide bonds. The average molecular weight is 751 g/mol. The lowest BCUT2D eigenvalue weighted by molar-refractivity contribution is 1.07. The number of benzene rings is 8. The van der Waals surface area contributed by atoms with Crippen LogP contribution in [0.1, 0.15) is 0 Å². The first kappa shape index (κ1) is 32.6. The molecule has 0 aliphatic heterocycles. The molecule has 4 nitrogen and oxygen atoms in total. The van der Waals surface area contributed by atoms with Gasteiger partial charge >= 0.3 is 0 Å². The first-order valence-electron chi connectivity index (χ1n) is 18.5. The number of fused-ring (bicyclic) bond motifs is 5. The Labute approximate surface area is 331 Å². The van der Waals surface area contributed by atoms with Crippen LogP contribution in [0.4, 0.5) is 0 Å². The van der Waals surface area contributed by atoms with Gasteiger partial charge in [-0.05, 0) is 51.7 Å². The fourth-order valence-electron chi connectivity index (χ4n) is 7.70. The lowest BCUT2D eigenvalue weighted by Gasteiger charge is -2.12. The van der Waals surface area contributed by atoms with Crippen LogP contribution >= 0.6 is 22.7 Å². The van der Waals surface area contributed by atoms with E-state index in [1.54, 1.807) is 11.3 Å². The third kappa shape index (κ3) is 5.66. The Hall–Kier alpha value is -6.86. The van der Waals surface area contributed by atoms with Gasteiger partial charge in [-0.2, -0.15) is 0 Å². The monoisotopic (exact) mass is 750 g/mol. The molecule has 0 saturated heterocycles. The van der Waals surface area contributed by atoms with E-state index < -0.39 is 0 Å². The molecule has 0 aliphatic rings. The van der Waals surface area contributed by atoms with Crippen molar-refractivity contribution in [3.05, 3.63) is 182 Å². The molecule has 0 bridgehead atoms. The first-order valence-corrected chi connectivity index (χ1v) is 20.2. The molecule has 0 fully saturated rings. The highest BCUT2D eigenvalue weighted by molar-refractivity contribution is 7.27. The fraction of sp³-hybridized carbons (Fsp3) is 0. The van der Waals surface area contributed by atoms with Crippen molar-refractivity contribution in [2.75, 3.05) is 0 Å². The quantitative estimate of drug-likeness (QED) is 0.170. The van der Waals surface area contributed by atoms with Crippen LogP contribution in [0.2, 0.25) is 0 Å². The van der Waals surface area contributed by atoms with Crippen LogP contribution in [-0.2, 0) is 0 Å². The second-order valence-electron chi connectivity index (χ2n) is 13.8. The van der Waals surface area contributed by atoms with Crippen molar-refractivity contribution < 1.29 is 0 Å². The van der Waals surface area contributed by atoms with Crippen LogP contribution < -0.4 is 0 Å². The van der Waals surface area contributed by atoms with Crippen molar-refractivity contribution in [1.29, 1.82) is 0 Å². The van der Waals surface area contributed by atoms with Crippen LogP contribution in [0.5, 0.6) is 0 Å². The molecule has 0 atom stereocenters. The van der Waals surface area contributed by atoms with Gasteiger partial charge in [-0.1, -0.05) is 158 Å². The van der Waals surface area contributed by atoms with Gasteiger partial charge in [-0.3, -0.25) is 0 Å². The second-order valence-corrected chi connectivity index (χ2v) is 15.9. The van der Waals surface area contributed by atoms with Gasteiger partial charge in [0.05, 0.1) is 10.2 Å². The standard InChI is InChI=1S/C50H30N4S2/c1-4-14-31(15-5-1)34-20-12-22-36(28-34)48-52-47(32-16-6-2-7-17-32)53-49(54-48)37-26-27-38-35(29-37)21-13-24-39(38)45-44-40-23-10-11-25-41(40)55-42(44)30-43-46(45)51-50(56-43)33-18-8-3-9-19-33/h1-30H. The van der Waals surface area contributed by atoms with Crippen LogP contribution in [0, 0.1) is 0 Å². The summed E-state index contributed by atoms with van der Waals surface area (Å²) in [5.41, 5.74) is 9.58. The van der Waals surface area contributed by atoms with E-state index in [0.29, 0.717) is 17.5 Å². The van der Waals surface area contributed by atoms with E-state index >= 15 is 0 Å². The van der Waals surface area contributed by atoms with Crippen LogP contribution in [0.25, 0.3) is 108 Å². The highest BCUT2D eigenvalue weighted by Crippen LogP contribution is 2.48. The molecule has 3 heterocycles. The number of aromatic nitrogens is 4. The molecule has 0 spiro atoms. The molecule has 0 saturated carbocycles. The topological polar surface area (TPSA) is 51.6 Å². The molecule has 0 N–H and O–H groups in total. The minimum absolute atomic E-state index is 0.631. The van der Waals surface area contributed by atoms with Gasteiger partial charge in [0.25, 0.3) is 0 Å². The van der Waals surface area contributed by atoms with Gasteiger partial charge in [0, 0.05) is 48.0 Å². The highest BCUT2D eigenvalue weighted by Gasteiger charge is 2.21. The van der Waals surface area contributed by atoms with Crippen molar-refractivity contribution in [1.82, 2.24) is 19.9 Å². The number of hydrogen-bond acceptors (Lipinski definition) is 6. The minimum Gasteiger partial charge on any atom is -0.235 e. The third-order valence-electron chi connectivity index (χ3n) is 10.3. The molecule has 0 aliphatic carbocycles. The SMILES string of the molecule is c1ccc(-c2cccc(-c3nc(-c4ccccc4)nc(-c4ccc5c(-c6c7nc(-c8ccccc8)sc7cc7sc8ccccc8c67)cccc5c4)n3)c2)cc1. The summed E-state index contributed by atoms with van der Waals surface area (Å²) in [4.78, 5) is 20.6. The number of thiophene rings is 1. The van der Waals surface area contributed by atoms with E-state index in [0.717, 1.165) is 60.2 Å². The van der Waals surface area contributed by atoms with Gasteiger partial charge < -0.3 is 0 Å². The Bertz CT molecular complexity index is 3240. The molecule has 3 aromatic heterocycles. The summed E-state index contributed by atoms with van der Waals surface area (Å²) in [6.45, 7) is 0. The maximum absolute atomic E-state index is 5.37. The van der Waals surface area contributed by atoms with Crippen molar-refractivity contribution in [2.45, 2.75) is 0 Å². The molecule has 0 radical (unpaired) electrons. The summed E-state index contributed by atoms with van der Waals surface area (Å²) in [5.74, 6) is 1.91. The summed E-state index contributed by atoms with van der Waals surface area (Å²) >= 11 is 3.61. The molecule has 6 heteroatoms. The smallest absolute Gasteiger partial charge is 0.164 e. The number of rotatable bonds is 6. The second kappa shape index (κ2) is 13.5. The lowest BCUT2D eigenvalue weighted by atomic mass is 9.93. The van der Waals surface area contributed by atoms with Gasteiger partial charge in [0.2, 0.25) is 0 Å². The Morgan fingerprint density at radius 3 is 1.71 bits per heavy atom. The van der Waals surface area contributed by atoms with E-state index in [9.17, 15) is 0 Å². The Morgan fingerprint density at radius 1 is 0.339 bits per heavy atom. The predicted octanol–water partition coefficient (Wildman–Crippen LogP) is 14.0. The van der Waals surface area contributed by atoms with Crippen molar-refractivity contribution in [2.24, 2.45) is 0 Å². The van der Waals surface area contributed by atoms with E-state index in [-0.39, 0.29) is 0 Å². The summed E-state index contributed by atoms with van der Waals surface area (Å²) in [6.07, 6.45) is 0. The summed E-state index contributed by atoms with van der Waals surface area (Å²) in [5, 5.41) is 5.81. The van der Waals surface area contributed by atoms with Crippen LogP contribution in [0.15, 0.2) is 182 Å². The van der Waals surface area contributed by atoms with Crippen molar-refractivity contribution >= 4 is 63.8 Å². The molecule has 56 heavy (non-hydrogen) atoms. The van der Waals surface area contributed by atoms with Crippen molar-refractivity contribution in [3.8, 4) is 67.0 Å². The summed E-state index contributed by atoms with van der Waals surface area (Å²) < 4.78 is 3.74. The zero-order chi connectivity index (χ0) is 37.0. The summed E-state index contributed by atoms with van der Waals surface area (Å²) in [6, 6.07) is 63.7. The largest absolute Gasteiger partial charge is 0.235 e. The fourth-order valence-corrected chi connectivity index (χ4v) is 9.95. The number of thiazole rings is 1. The van der Waals surface area contributed by atoms with Crippen molar-refractivity contribution in [3.63, 3.8) is 0 Å². The maximum atomic E-state index is 5.37. The maximum Gasteiger partial charge on any atom is 0.164 e. The zero-order valence-corrected chi connectivity index (χ0v) is 31.6. The molecule has 11 rings (SSSR count). The number of hydrogen-bond donors (Lipinski definition) is 0.